The van der Waals surface area contributed by atoms with Crippen molar-refractivity contribution in [2.24, 2.45) is 5.73 Å². The standard InChI is InChI=1S/C25H31N5O5S/c1-14-15(2)35-24(31)16-7-8-20(30-22(14)16)29-21-11-17-18(12-27-21)23(28-13-19(17)25(3,4)26)34-9-6-10-36(5,32)33/h7-8,11-15H,6,9-10,26H2,1-5H3,(H,27,29,30)/t14-,15-/m0/s1. The summed E-state index contributed by atoms with van der Waals surface area (Å²) in [4.78, 5) is 25.8. The molecule has 10 nitrogen and oxygen atoms in total. The number of carbonyl (C=O) groups excluding carboxylic acids is 1. The molecule has 0 saturated carbocycles. The van der Waals surface area contributed by atoms with Crippen molar-refractivity contribution in [3.8, 4) is 5.88 Å². The van der Waals surface area contributed by atoms with Crippen LogP contribution in [0.15, 0.2) is 30.6 Å². The van der Waals surface area contributed by atoms with Crippen molar-refractivity contribution in [1.29, 1.82) is 0 Å². The molecule has 0 unspecified atom stereocenters. The Kier molecular flexibility index (Phi) is 6.89. The van der Waals surface area contributed by atoms with Crippen LogP contribution < -0.4 is 15.8 Å². The zero-order chi connectivity index (χ0) is 26.3. The van der Waals surface area contributed by atoms with Crippen molar-refractivity contribution in [2.75, 3.05) is 23.9 Å². The van der Waals surface area contributed by atoms with E-state index in [-0.39, 0.29) is 30.4 Å². The molecule has 3 N–H and O–H groups in total. The van der Waals surface area contributed by atoms with E-state index in [1.54, 1.807) is 24.5 Å². The summed E-state index contributed by atoms with van der Waals surface area (Å²) in [6.45, 7) is 7.80. The van der Waals surface area contributed by atoms with Crippen molar-refractivity contribution in [3.63, 3.8) is 0 Å². The molecule has 11 heteroatoms. The van der Waals surface area contributed by atoms with Crippen LogP contribution in [0.2, 0.25) is 0 Å². The van der Waals surface area contributed by atoms with Crippen molar-refractivity contribution in [2.45, 2.75) is 51.7 Å². The third kappa shape index (κ3) is 5.57. The Labute approximate surface area is 210 Å². The van der Waals surface area contributed by atoms with Crippen LogP contribution in [0.5, 0.6) is 5.88 Å². The number of rotatable bonds is 8. The van der Waals surface area contributed by atoms with Gasteiger partial charge in [-0.2, -0.15) is 0 Å². The van der Waals surface area contributed by atoms with Crippen LogP contribution in [0, 0.1) is 0 Å². The molecule has 1 aliphatic rings. The van der Waals surface area contributed by atoms with Gasteiger partial charge >= 0.3 is 5.97 Å². The highest BCUT2D eigenvalue weighted by Gasteiger charge is 2.31. The second kappa shape index (κ2) is 9.62. The van der Waals surface area contributed by atoms with E-state index in [4.69, 9.17) is 15.2 Å². The molecule has 4 rings (SSSR count). The molecule has 0 amide bonds. The Balaban J connectivity index is 1.66. The van der Waals surface area contributed by atoms with Crippen LogP contribution in [-0.4, -0.2) is 54.1 Å². The van der Waals surface area contributed by atoms with Crippen LogP contribution in [0.3, 0.4) is 0 Å². The van der Waals surface area contributed by atoms with E-state index in [1.165, 1.54) is 6.26 Å². The van der Waals surface area contributed by atoms with Gasteiger partial charge in [0, 0.05) is 30.1 Å². The number of carbonyl (C=O) groups is 1. The number of esters is 1. The Morgan fingerprint density at radius 1 is 1.14 bits per heavy atom. The highest BCUT2D eigenvalue weighted by atomic mass is 32.2. The molecular formula is C25H31N5O5S. The van der Waals surface area contributed by atoms with Gasteiger partial charge in [-0.05, 0) is 56.3 Å². The first kappa shape index (κ1) is 25.8. The normalized spacial score (nSPS) is 18.0. The number of anilines is 2. The summed E-state index contributed by atoms with van der Waals surface area (Å²) >= 11 is 0. The second-order valence-electron chi connectivity index (χ2n) is 9.80. The molecule has 36 heavy (non-hydrogen) atoms. The van der Waals surface area contributed by atoms with Gasteiger partial charge in [0.2, 0.25) is 5.88 Å². The molecule has 0 radical (unpaired) electrons. The molecule has 3 aromatic rings. The van der Waals surface area contributed by atoms with Crippen molar-refractivity contribution >= 4 is 38.2 Å². The van der Waals surface area contributed by atoms with Crippen LogP contribution in [0.25, 0.3) is 10.8 Å². The third-order valence-corrected chi connectivity index (χ3v) is 7.19. The van der Waals surface area contributed by atoms with Crippen LogP contribution in [0.1, 0.15) is 61.6 Å². The highest BCUT2D eigenvalue weighted by molar-refractivity contribution is 7.90. The zero-order valence-corrected chi connectivity index (χ0v) is 21.8. The molecule has 0 aliphatic carbocycles. The maximum absolute atomic E-state index is 12.2. The molecule has 1 aliphatic heterocycles. The van der Waals surface area contributed by atoms with E-state index < -0.39 is 15.4 Å². The topological polar surface area (TPSA) is 146 Å². The van der Waals surface area contributed by atoms with Crippen LogP contribution in [-0.2, 0) is 20.1 Å². The van der Waals surface area contributed by atoms with Crippen LogP contribution >= 0.6 is 0 Å². The zero-order valence-electron chi connectivity index (χ0n) is 21.0. The molecular weight excluding hydrogens is 482 g/mol. The number of nitrogens with one attached hydrogen (secondary N) is 1. The lowest BCUT2D eigenvalue weighted by Crippen LogP contribution is -2.29. The van der Waals surface area contributed by atoms with E-state index in [2.05, 4.69) is 20.3 Å². The molecule has 0 bridgehead atoms. The number of hydrogen-bond acceptors (Lipinski definition) is 10. The van der Waals surface area contributed by atoms with E-state index in [0.717, 1.165) is 10.9 Å². The van der Waals surface area contributed by atoms with Gasteiger partial charge in [-0.25, -0.2) is 28.2 Å². The van der Waals surface area contributed by atoms with E-state index in [9.17, 15) is 13.2 Å². The Morgan fingerprint density at radius 3 is 2.58 bits per heavy atom. The van der Waals surface area contributed by atoms with E-state index in [0.29, 0.717) is 40.6 Å². The number of aromatic nitrogens is 3. The Bertz CT molecular complexity index is 1420. The molecule has 3 aromatic heterocycles. The predicted molar refractivity (Wildman–Crippen MR) is 137 cm³/mol. The first-order chi connectivity index (χ1) is 16.8. The summed E-state index contributed by atoms with van der Waals surface area (Å²) in [5.74, 6) is 1.07. The first-order valence-electron chi connectivity index (χ1n) is 11.7. The van der Waals surface area contributed by atoms with Crippen LogP contribution in [0.4, 0.5) is 11.6 Å². The fraction of sp³-hybridized carbons (Fsp3) is 0.440. The fourth-order valence-corrected chi connectivity index (χ4v) is 4.69. The quantitative estimate of drug-likeness (QED) is 0.339. The minimum Gasteiger partial charge on any atom is -0.477 e. The van der Waals surface area contributed by atoms with E-state index >= 15 is 0 Å². The van der Waals surface area contributed by atoms with Gasteiger partial charge in [-0.3, -0.25) is 0 Å². The SMILES string of the molecule is C[C@@H]1OC(=O)c2ccc(Nc3cc4c(C(C)(C)N)cnc(OCCCS(C)(=O)=O)c4cn3)nc2[C@H]1C. The van der Waals surface area contributed by atoms with Crippen molar-refractivity contribution in [1.82, 2.24) is 15.0 Å². The molecule has 0 saturated heterocycles. The lowest BCUT2D eigenvalue weighted by Gasteiger charge is -2.27. The van der Waals surface area contributed by atoms with E-state index in [1.807, 2.05) is 33.8 Å². The average molecular weight is 514 g/mol. The third-order valence-electron chi connectivity index (χ3n) is 6.16. The van der Waals surface area contributed by atoms with Gasteiger partial charge in [0.05, 0.1) is 29.0 Å². The number of hydrogen-bond donors (Lipinski definition) is 2. The van der Waals surface area contributed by atoms with Crippen molar-refractivity contribution in [3.05, 3.63) is 47.4 Å². The molecule has 2 atom stereocenters. The number of nitrogens with zero attached hydrogens (tertiary/aromatic N) is 3. The average Bonchev–Trinajstić information content (AvgIpc) is 2.78. The molecule has 192 valence electrons. The lowest BCUT2D eigenvalue weighted by atomic mass is 9.93. The molecule has 0 spiro atoms. The van der Waals surface area contributed by atoms with Gasteiger partial charge in [-0.1, -0.05) is 6.92 Å². The number of pyridine rings is 3. The summed E-state index contributed by atoms with van der Waals surface area (Å²) in [5.41, 5.74) is 7.68. The monoisotopic (exact) mass is 513 g/mol. The van der Waals surface area contributed by atoms with Gasteiger partial charge in [0.1, 0.15) is 27.6 Å². The minimum atomic E-state index is -3.07. The highest BCUT2D eigenvalue weighted by Crippen LogP contribution is 2.34. The number of sulfone groups is 1. The predicted octanol–water partition coefficient (Wildman–Crippen LogP) is 3.44. The van der Waals surface area contributed by atoms with Gasteiger partial charge in [0.15, 0.2) is 0 Å². The smallest absolute Gasteiger partial charge is 0.340 e. The number of nitrogens with two attached hydrogens (primary N) is 1. The maximum atomic E-state index is 12.2. The largest absolute Gasteiger partial charge is 0.477 e. The number of ether oxygens (including phenoxy) is 2. The summed E-state index contributed by atoms with van der Waals surface area (Å²) in [6.07, 6.45) is 4.61. The van der Waals surface area contributed by atoms with Gasteiger partial charge in [0.25, 0.3) is 0 Å². The van der Waals surface area contributed by atoms with Gasteiger partial charge < -0.3 is 20.5 Å². The van der Waals surface area contributed by atoms with Crippen molar-refractivity contribution < 1.29 is 22.7 Å². The molecule has 0 aromatic carbocycles. The maximum Gasteiger partial charge on any atom is 0.340 e. The summed E-state index contributed by atoms with van der Waals surface area (Å²) in [5, 5.41) is 4.69. The Hall–Kier alpha value is -3.31. The molecule has 4 heterocycles. The summed E-state index contributed by atoms with van der Waals surface area (Å²) < 4.78 is 34.0. The number of cyclic esters (lactones) is 1. The molecule has 0 fully saturated rings. The van der Waals surface area contributed by atoms with Gasteiger partial charge in [-0.15, -0.1) is 0 Å². The lowest BCUT2D eigenvalue weighted by molar-refractivity contribution is 0.0235. The summed E-state index contributed by atoms with van der Waals surface area (Å²) in [6, 6.07) is 5.27. The Morgan fingerprint density at radius 2 is 1.89 bits per heavy atom. The second-order valence-corrected chi connectivity index (χ2v) is 12.1. The fourth-order valence-electron chi connectivity index (χ4n) is 4.05. The summed E-state index contributed by atoms with van der Waals surface area (Å²) in [7, 11) is -3.07. The number of fused-ring (bicyclic) bond motifs is 2. The minimum absolute atomic E-state index is 0.0358. The first-order valence-corrected chi connectivity index (χ1v) is 13.8.